The SMILES string of the molecule is C=COCC(CCCCCCCCC)CCCCCCCCCC. The molecule has 1 nitrogen and oxygen atoms in total. The van der Waals surface area contributed by atoms with Crippen LogP contribution in [0.4, 0.5) is 0 Å². The lowest BCUT2D eigenvalue weighted by molar-refractivity contribution is 0.177. The molecular formula is C23H46O. The zero-order valence-corrected chi connectivity index (χ0v) is 17.0. The van der Waals surface area contributed by atoms with E-state index in [0.717, 1.165) is 12.5 Å². The second-order valence-corrected chi connectivity index (χ2v) is 7.54. The number of hydrogen-bond donors (Lipinski definition) is 0. The van der Waals surface area contributed by atoms with Crippen LogP contribution in [-0.4, -0.2) is 6.61 Å². The summed E-state index contributed by atoms with van der Waals surface area (Å²) in [7, 11) is 0. The molecule has 24 heavy (non-hydrogen) atoms. The molecule has 0 aromatic rings. The molecule has 0 spiro atoms. The topological polar surface area (TPSA) is 9.23 Å². The summed E-state index contributed by atoms with van der Waals surface area (Å²) >= 11 is 0. The molecule has 0 saturated heterocycles. The normalized spacial score (nSPS) is 12.2. The monoisotopic (exact) mass is 338 g/mol. The lowest BCUT2D eigenvalue weighted by Gasteiger charge is -2.16. The van der Waals surface area contributed by atoms with Gasteiger partial charge in [0.15, 0.2) is 0 Å². The molecule has 0 rings (SSSR count). The van der Waals surface area contributed by atoms with Gasteiger partial charge < -0.3 is 4.74 Å². The number of hydrogen-bond acceptors (Lipinski definition) is 1. The van der Waals surface area contributed by atoms with Gasteiger partial charge in [-0.2, -0.15) is 0 Å². The quantitative estimate of drug-likeness (QED) is 0.160. The first-order valence-corrected chi connectivity index (χ1v) is 11.1. The van der Waals surface area contributed by atoms with Gasteiger partial charge in [0.2, 0.25) is 0 Å². The zero-order valence-electron chi connectivity index (χ0n) is 17.0. The first-order valence-electron chi connectivity index (χ1n) is 11.1. The van der Waals surface area contributed by atoms with Crippen molar-refractivity contribution in [3.63, 3.8) is 0 Å². The minimum Gasteiger partial charge on any atom is -0.502 e. The third-order valence-electron chi connectivity index (χ3n) is 5.13. The van der Waals surface area contributed by atoms with E-state index in [2.05, 4.69) is 20.4 Å². The van der Waals surface area contributed by atoms with Crippen molar-refractivity contribution in [2.45, 2.75) is 123 Å². The Kier molecular flexibility index (Phi) is 20.2. The molecule has 0 aliphatic carbocycles. The maximum Gasteiger partial charge on any atom is 0.0901 e. The van der Waals surface area contributed by atoms with Gasteiger partial charge in [0.25, 0.3) is 0 Å². The Bertz CT molecular complexity index is 236. The molecule has 144 valence electrons. The molecule has 0 aromatic carbocycles. The van der Waals surface area contributed by atoms with Crippen LogP contribution in [0.3, 0.4) is 0 Å². The minimum absolute atomic E-state index is 0.749. The molecule has 0 amide bonds. The van der Waals surface area contributed by atoms with Crippen LogP contribution in [0.15, 0.2) is 12.8 Å². The van der Waals surface area contributed by atoms with E-state index in [0.29, 0.717) is 0 Å². The van der Waals surface area contributed by atoms with Gasteiger partial charge in [-0.3, -0.25) is 0 Å². The van der Waals surface area contributed by atoms with E-state index in [1.54, 1.807) is 6.26 Å². The summed E-state index contributed by atoms with van der Waals surface area (Å²) in [6.45, 7) is 9.15. The van der Waals surface area contributed by atoms with Crippen LogP contribution < -0.4 is 0 Å². The van der Waals surface area contributed by atoms with Gasteiger partial charge in [-0.05, 0) is 18.8 Å². The highest BCUT2D eigenvalue weighted by atomic mass is 16.5. The van der Waals surface area contributed by atoms with Crippen molar-refractivity contribution in [3.05, 3.63) is 12.8 Å². The van der Waals surface area contributed by atoms with Crippen LogP contribution in [0, 0.1) is 5.92 Å². The van der Waals surface area contributed by atoms with Crippen molar-refractivity contribution in [3.8, 4) is 0 Å². The summed E-state index contributed by atoms with van der Waals surface area (Å²) in [6, 6.07) is 0. The van der Waals surface area contributed by atoms with Gasteiger partial charge in [0.1, 0.15) is 0 Å². The molecule has 0 aromatic heterocycles. The standard InChI is InChI=1S/C23H46O/c1-4-7-9-11-13-15-17-19-21-23(22-24-6-3)20-18-16-14-12-10-8-5-2/h6,23H,3-5,7-22H2,1-2H3. The van der Waals surface area contributed by atoms with Crippen LogP contribution in [0.1, 0.15) is 123 Å². The molecule has 0 fully saturated rings. The maximum atomic E-state index is 5.49. The highest BCUT2D eigenvalue weighted by molar-refractivity contribution is 4.62. The maximum absolute atomic E-state index is 5.49. The average Bonchev–Trinajstić information content (AvgIpc) is 2.60. The van der Waals surface area contributed by atoms with Crippen LogP contribution in [0.25, 0.3) is 0 Å². The van der Waals surface area contributed by atoms with Gasteiger partial charge >= 0.3 is 0 Å². The summed E-state index contributed by atoms with van der Waals surface area (Å²) in [5, 5.41) is 0. The van der Waals surface area contributed by atoms with Crippen molar-refractivity contribution in [1.82, 2.24) is 0 Å². The highest BCUT2D eigenvalue weighted by Crippen LogP contribution is 2.20. The highest BCUT2D eigenvalue weighted by Gasteiger charge is 2.08. The van der Waals surface area contributed by atoms with Gasteiger partial charge in [-0.15, -0.1) is 0 Å². The van der Waals surface area contributed by atoms with Gasteiger partial charge in [-0.25, -0.2) is 0 Å². The fourth-order valence-corrected chi connectivity index (χ4v) is 3.47. The Morgan fingerprint density at radius 3 is 1.38 bits per heavy atom. The van der Waals surface area contributed by atoms with E-state index in [9.17, 15) is 0 Å². The first-order chi connectivity index (χ1) is 11.8. The van der Waals surface area contributed by atoms with E-state index in [1.807, 2.05) is 0 Å². The predicted octanol–water partition coefficient (Wildman–Crippen LogP) is 8.43. The third kappa shape index (κ3) is 17.9. The summed E-state index contributed by atoms with van der Waals surface area (Å²) < 4.78 is 5.49. The lowest BCUT2D eigenvalue weighted by Crippen LogP contribution is -2.08. The largest absolute Gasteiger partial charge is 0.502 e. The first kappa shape index (κ1) is 23.5. The van der Waals surface area contributed by atoms with E-state index in [1.165, 1.54) is 109 Å². The summed E-state index contributed by atoms with van der Waals surface area (Å²) in [4.78, 5) is 0. The fourth-order valence-electron chi connectivity index (χ4n) is 3.47. The summed E-state index contributed by atoms with van der Waals surface area (Å²) in [5.41, 5.74) is 0. The van der Waals surface area contributed by atoms with Gasteiger partial charge in [-0.1, -0.05) is 117 Å². The van der Waals surface area contributed by atoms with Crippen molar-refractivity contribution >= 4 is 0 Å². The molecule has 0 N–H and O–H groups in total. The number of rotatable bonds is 20. The summed E-state index contributed by atoms with van der Waals surface area (Å²) in [6.07, 6.45) is 25.4. The van der Waals surface area contributed by atoms with E-state index in [4.69, 9.17) is 4.74 Å². The Morgan fingerprint density at radius 1 is 0.625 bits per heavy atom. The fraction of sp³-hybridized carbons (Fsp3) is 0.913. The van der Waals surface area contributed by atoms with E-state index in [-0.39, 0.29) is 0 Å². The molecule has 0 aliphatic heterocycles. The molecule has 1 heteroatoms. The zero-order chi connectivity index (χ0) is 17.7. The van der Waals surface area contributed by atoms with Crippen molar-refractivity contribution in [1.29, 1.82) is 0 Å². The van der Waals surface area contributed by atoms with E-state index < -0.39 is 0 Å². The molecule has 1 unspecified atom stereocenters. The van der Waals surface area contributed by atoms with Gasteiger partial charge in [0, 0.05) is 0 Å². The van der Waals surface area contributed by atoms with Crippen molar-refractivity contribution < 1.29 is 4.74 Å². The Hall–Kier alpha value is -0.460. The van der Waals surface area contributed by atoms with Crippen LogP contribution >= 0.6 is 0 Å². The predicted molar refractivity (Wildman–Crippen MR) is 109 cm³/mol. The Labute approximate surface area is 153 Å². The molecule has 0 bridgehead atoms. The van der Waals surface area contributed by atoms with Crippen LogP contribution in [0.5, 0.6) is 0 Å². The number of unbranched alkanes of at least 4 members (excludes halogenated alkanes) is 13. The lowest BCUT2D eigenvalue weighted by atomic mass is 9.94. The molecule has 0 radical (unpaired) electrons. The minimum atomic E-state index is 0.749. The molecule has 0 aliphatic rings. The molecule has 1 atom stereocenters. The summed E-state index contributed by atoms with van der Waals surface area (Å²) in [5.74, 6) is 0.749. The smallest absolute Gasteiger partial charge is 0.0901 e. The van der Waals surface area contributed by atoms with Crippen molar-refractivity contribution in [2.24, 2.45) is 5.92 Å². The molecule has 0 saturated carbocycles. The second kappa shape index (κ2) is 20.6. The number of ether oxygens (including phenoxy) is 1. The van der Waals surface area contributed by atoms with Crippen LogP contribution in [-0.2, 0) is 4.74 Å². The molecule has 0 heterocycles. The average molecular weight is 339 g/mol. The Balaban J connectivity index is 3.56. The van der Waals surface area contributed by atoms with Crippen molar-refractivity contribution in [2.75, 3.05) is 6.61 Å². The molecular weight excluding hydrogens is 292 g/mol. The second-order valence-electron chi connectivity index (χ2n) is 7.54. The van der Waals surface area contributed by atoms with E-state index >= 15 is 0 Å². The van der Waals surface area contributed by atoms with Gasteiger partial charge in [0.05, 0.1) is 12.9 Å². The Morgan fingerprint density at radius 2 is 1.00 bits per heavy atom. The third-order valence-corrected chi connectivity index (χ3v) is 5.13. The van der Waals surface area contributed by atoms with Crippen LogP contribution in [0.2, 0.25) is 0 Å².